The van der Waals surface area contributed by atoms with Crippen molar-refractivity contribution in [3.05, 3.63) is 39.9 Å². The highest BCUT2D eigenvalue weighted by molar-refractivity contribution is 5.75. The molecule has 1 aromatic carbocycles. The minimum Gasteiger partial charge on any atom is -0.481 e. The van der Waals surface area contributed by atoms with Gasteiger partial charge in [0.25, 0.3) is 5.69 Å². The highest BCUT2D eigenvalue weighted by Crippen LogP contribution is 2.30. The van der Waals surface area contributed by atoms with E-state index >= 15 is 0 Å². The molecule has 6 heteroatoms. The molecule has 0 aliphatic carbocycles. The van der Waals surface area contributed by atoms with Crippen LogP contribution in [0.25, 0.3) is 0 Å². The molecule has 1 aromatic rings. The van der Waals surface area contributed by atoms with Crippen molar-refractivity contribution in [1.29, 1.82) is 0 Å². The zero-order chi connectivity index (χ0) is 16.3. The Morgan fingerprint density at radius 3 is 2.19 bits per heavy atom. The van der Waals surface area contributed by atoms with Crippen LogP contribution < -0.4 is 5.32 Å². The minimum absolute atomic E-state index is 0.0686. The summed E-state index contributed by atoms with van der Waals surface area (Å²) in [7, 11) is 0. The zero-order valence-electron chi connectivity index (χ0n) is 12.8. The van der Waals surface area contributed by atoms with Crippen LogP contribution in [0, 0.1) is 15.5 Å². The Hall–Kier alpha value is -1.95. The molecule has 0 spiro atoms. The average Bonchev–Trinajstić information content (AvgIpc) is 2.38. The smallest absolute Gasteiger partial charge is 0.310 e. The first-order valence-corrected chi connectivity index (χ1v) is 6.79. The minimum atomic E-state index is -0.900. The number of non-ortho nitro benzene ring substituents is 1. The Labute approximate surface area is 124 Å². The van der Waals surface area contributed by atoms with Gasteiger partial charge in [0.05, 0.1) is 10.3 Å². The number of rotatable bonds is 7. The van der Waals surface area contributed by atoms with Crippen molar-refractivity contribution in [3.8, 4) is 0 Å². The maximum absolute atomic E-state index is 11.3. The lowest BCUT2D eigenvalue weighted by molar-refractivity contribution is -0.384. The Morgan fingerprint density at radius 2 is 1.76 bits per heavy atom. The fraction of sp³-hybridized carbons (Fsp3) is 0.533. The van der Waals surface area contributed by atoms with E-state index in [1.807, 2.05) is 13.8 Å². The maximum Gasteiger partial charge on any atom is 0.310 e. The molecule has 0 atom stereocenters. The molecule has 0 unspecified atom stereocenters. The van der Waals surface area contributed by atoms with Gasteiger partial charge in [0, 0.05) is 17.7 Å². The number of aliphatic carboxylic acids is 1. The highest BCUT2D eigenvalue weighted by Gasteiger charge is 2.42. The van der Waals surface area contributed by atoms with Crippen molar-refractivity contribution >= 4 is 11.7 Å². The van der Waals surface area contributed by atoms with Gasteiger partial charge in [0.15, 0.2) is 0 Å². The fourth-order valence-corrected chi connectivity index (χ4v) is 1.79. The number of nitro benzene ring substituents is 1. The summed E-state index contributed by atoms with van der Waals surface area (Å²) in [6, 6.07) is 6.38. The number of nitrogens with zero attached hydrogens (tertiary/aromatic N) is 1. The van der Waals surface area contributed by atoms with E-state index < -0.39 is 21.8 Å². The lowest BCUT2D eigenvalue weighted by Gasteiger charge is -2.39. The predicted molar refractivity (Wildman–Crippen MR) is 80.3 cm³/mol. The molecule has 0 bridgehead atoms. The number of hydrogen-bond donors (Lipinski definition) is 2. The van der Waals surface area contributed by atoms with E-state index in [4.69, 9.17) is 0 Å². The third kappa shape index (κ3) is 4.01. The first kappa shape index (κ1) is 17.1. The van der Waals surface area contributed by atoms with Crippen LogP contribution in [0.4, 0.5) is 5.69 Å². The molecule has 0 fully saturated rings. The molecular weight excluding hydrogens is 272 g/mol. The summed E-state index contributed by atoms with van der Waals surface area (Å²) in [5.74, 6) is -0.852. The monoisotopic (exact) mass is 294 g/mol. The number of benzene rings is 1. The summed E-state index contributed by atoms with van der Waals surface area (Å²) < 4.78 is 0. The van der Waals surface area contributed by atoms with Crippen molar-refractivity contribution in [2.45, 2.75) is 39.7 Å². The van der Waals surface area contributed by atoms with Gasteiger partial charge in [-0.1, -0.05) is 12.1 Å². The topological polar surface area (TPSA) is 92.5 Å². The number of hydrogen-bond acceptors (Lipinski definition) is 4. The number of carboxylic acid groups (broad SMARTS) is 1. The quantitative estimate of drug-likeness (QED) is 0.595. The predicted octanol–water partition coefficient (Wildman–Crippen LogP) is 2.62. The van der Waals surface area contributed by atoms with E-state index in [-0.39, 0.29) is 5.69 Å². The van der Waals surface area contributed by atoms with Crippen LogP contribution in [-0.4, -0.2) is 28.1 Å². The summed E-state index contributed by atoms with van der Waals surface area (Å²) in [6.45, 7) is 7.69. The highest BCUT2D eigenvalue weighted by atomic mass is 16.6. The van der Waals surface area contributed by atoms with Crippen molar-refractivity contribution in [2.24, 2.45) is 5.41 Å². The molecule has 6 nitrogen and oxygen atoms in total. The molecule has 0 saturated carbocycles. The van der Waals surface area contributed by atoms with Gasteiger partial charge in [0.1, 0.15) is 0 Å². The molecule has 0 radical (unpaired) electrons. The SMILES string of the molecule is CC(C)(NCCc1ccc([N+](=O)[O-])cc1)C(C)(C)C(=O)O. The van der Waals surface area contributed by atoms with Crippen LogP contribution in [0.15, 0.2) is 24.3 Å². The molecule has 0 saturated heterocycles. The molecule has 2 N–H and O–H groups in total. The summed E-state index contributed by atoms with van der Waals surface area (Å²) in [5.41, 5.74) is -0.432. The zero-order valence-corrected chi connectivity index (χ0v) is 12.8. The van der Waals surface area contributed by atoms with Gasteiger partial charge in [0.2, 0.25) is 0 Å². The second-order valence-corrected chi connectivity index (χ2v) is 6.16. The molecule has 21 heavy (non-hydrogen) atoms. The molecule has 0 amide bonds. The fourth-order valence-electron chi connectivity index (χ4n) is 1.79. The number of carbonyl (C=O) groups is 1. The Balaban J connectivity index is 2.60. The average molecular weight is 294 g/mol. The van der Waals surface area contributed by atoms with Gasteiger partial charge in [-0.3, -0.25) is 14.9 Å². The first-order chi connectivity index (χ1) is 9.58. The Morgan fingerprint density at radius 1 is 1.24 bits per heavy atom. The molecule has 1 rings (SSSR count). The van der Waals surface area contributed by atoms with Gasteiger partial charge >= 0.3 is 5.97 Å². The van der Waals surface area contributed by atoms with Gasteiger partial charge < -0.3 is 10.4 Å². The molecule has 0 aromatic heterocycles. The van der Waals surface area contributed by atoms with Crippen molar-refractivity contribution in [3.63, 3.8) is 0 Å². The summed E-state index contributed by atoms with van der Waals surface area (Å²) >= 11 is 0. The van der Waals surface area contributed by atoms with Gasteiger partial charge in [-0.05, 0) is 46.2 Å². The number of carboxylic acids is 1. The standard InChI is InChI=1S/C15H22N2O4/c1-14(2,13(18)19)15(3,4)16-10-9-11-5-7-12(8-6-11)17(20)21/h5-8,16H,9-10H2,1-4H3,(H,18,19). The third-order valence-corrected chi connectivity index (χ3v) is 4.22. The lowest BCUT2D eigenvalue weighted by Crippen LogP contribution is -2.55. The van der Waals surface area contributed by atoms with Crippen LogP contribution in [0.5, 0.6) is 0 Å². The van der Waals surface area contributed by atoms with Gasteiger partial charge in [-0.25, -0.2) is 0 Å². The molecule has 0 aliphatic heterocycles. The largest absolute Gasteiger partial charge is 0.481 e. The van der Waals surface area contributed by atoms with Gasteiger partial charge in [-0.2, -0.15) is 0 Å². The lowest BCUT2D eigenvalue weighted by atomic mass is 9.74. The molecular formula is C15H22N2O4. The van der Waals surface area contributed by atoms with Crippen LogP contribution >= 0.6 is 0 Å². The summed E-state index contributed by atoms with van der Waals surface area (Å²) in [6.07, 6.45) is 0.678. The molecule has 0 aliphatic rings. The normalized spacial score (nSPS) is 12.2. The number of nitro groups is 1. The number of nitrogens with one attached hydrogen (secondary N) is 1. The van der Waals surface area contributed by atoms with Crippen LogP contribution in [-0.2, 0) is 11.2 Å². The van der Waals surface area contributed by atoms with Crippen LogP contribution in [0.3, 0.4) is 0 Å². The van der Waals surface area contributed by atoms with Crippen molar-refractivity contribution in [1.82, 2.24) is 5.32 Å². The third-order valence-electron chi connectivity index (χ3n) is 4.22. The Bertz CT molecular complexity index is 521. The Kier molecular flexibility index (Phi) is 5.06. The van der Waals surface area contributed by atoms with Crippen LogP contribution in [0.2, 0.25) is 0 Å². The first-order valence-electron chi connectivity index (χ1n) is 6.79. The maximum atomic E-state index is 11.3. The summed E-state index contributed by atoms with van der Waals surface area (Å²) in [4.78, 5) is 21.4. The van der Waals surface area contributed by atoms with E-state index in [0.29, 0.717) is 13.0 Å². The van der Waals surface area contributed by atoms with E-state index in [1.54, 1.807) is 26.0 Å². The van der Waals surface area contributed by atoms with E-state index in [0.717, 1.165) is 5.56 Å². The second-order valence-electron chi connectivity index (χ2n) is 6.16. The molecule has 116 valence electrons. The van der Waals surface area contributed by atoms with E-state index in [9.17, 15) is 20.0 Å². The molecule has 0 heterocycles. The second kappa shape index (κ2) is 6.22. The van der Waals surface area contributed by atoms with Crippen LogP contribution in [0.1, 0.15) is 33.3 Å². The van der Waals surface area contributed by atoms with E-state index in [1.165, 1.54) is 12.1 Å². The van der Waals surface area contributed by atoms with Crippen molar-refractivity contribution < 1.29 is 14.8 Å². The van der Waals surface area contributed by atoms with Crippen molar-refractivity contribution in [2.75, 3.05) is 6.54 Å². The summed E-state index contributed by atoms with van der Waals surface area (Å²) in [5, 5.41) is 23.1. The van der Waals surface area contributed by atoms with Gasteiger partial charge in [-0.15, -0.1) is 0 Å². The van der Waals surface area contributed by atoms with E-state index in [2.05, 4.69) is 5.32 Å².